The van der Waals surface area contributed by atoms with Gasteiger partial charge in [0.05, 0.1) is 11.1 Å². The summed E-state index contributed by atoms with van der Waals surface area (Å²) in [4.78, 5) is 36.0. The summed E-state index contributed by atoms with van der Waals surface area (Å²) < 4.78 is 0. The quantitative estimate of drug-likeness (QED) is 0.610. The average molecular weight is 252 g/mol. The molecule has 88 valence electrons. The number of hydrogen-bond donors (Lipinski definition) is 0. The minimum Gasteiger partial charge on any atom is -0.276 e. The zero-order valence-corrected chi connectivity index (χ0v) is 9.95. The Labute approximate surface area is 103 Å². The van der Waals surface area contributed by atoms with Crippen molar-refractivity contribution in [1.82, 2.24) is 4.90 Å². The number of imide groups is 1. The van der Waals surface area contributed by atoms with Crippen LogP contribution in [0.25, 0.3) is 0 Å². The standard InChI is InChI=1S/C12H10ClNO3/c1-2-5-14-11(16)8-4-3-7(10(13)15)6-9(8)12(14)17/h3-4,6H,2,5H2,1H3. The predicted molar refractivity (Wildman–Crippen MR) is 62.3 cm³/mol. The van der Waals surface area contributed by atoms with Gasteiger partial charge in [0.1, 0.15) is 0 Å². The highest BCUT2D eigenvalue weighted by Crippen LogP contribution is 2.24. The number of fused-ring (bicyclic) bond motifs is 1. The van der Waals surface area contributed by atoms with Crippen LogP contribution in [0, 0.1) is 0 Å². The van der Waals surface area contributed by atoms with Gasteiger partial charge in [-0.15, -0.1) is 0 Å². The molecule has 0 aliphatic carbocycles. The first-order chi connectivity index (χ1) is 8.06. The second-order valence-corrected chi connectivity index (χ2v) is 4.14. The maximum Gasteiger partial charge on any atom is 0.261 e. The van der Waals surface area contributed by atoms with E-state index in [9.17, 15) is 14.4 Å². The van der Waals surface area contributed by atoms with Crippen LogP contribution >= 0.6 is 11.6 Å². The van der Waals surface area contributed by atoms with Gasteiger partial charge in [0.2, 0.25) is 0 Å². The fraction of sp³-hybridized carbons (Fsp3) is 0.250. The van der Waals surface area contributed by atoms with Crippen LogP contribution < -0.4 is 0 Å². The van der Waals surface area contributed by atoms with Crippen LogP contribution in [0.1, 0.15) is 44.4 Å². The molecule has 0 saturated heterocycles. The highest BCUT2D eigenvalue weighted by molar-refractivity contribution is 6.67. The lowest BCUT2D eigenvalue weighted by Gasteiger charge is -2.11. The number of amides is 2. The summed E-state index contributed by atoms with van der Waals surface area (Å²) in [5, 5.41) is -0.637. The molecule has 1 aromatic carbocycles. The zero-order chi connectivity index (χ0) is 12.6. The number of rotatable bonds is 3. The Bertz CT molecular complexity index is 524. The SMILES string of the molecule is CCCN1C(=O)c2ccc(C(=O)Cl)cc2C1=O. The number of halogens is 1. The van der Waals surface area contributed by atoms with Crippen molar-refractivity contribution < 1.29 is 14.4 Å². The average Bonchev–Trinajstić information content (AvgIpc) is 2.54. The van der Waals surface area contributed by atoms with Gasteiger partial charge in [-0.2, -0.15) is 0 Å². The lowest BCUT2D eigenvalue weighted by molar-refractivity contribution is 0.0654. The van der Waals surface area contributed by atoms with Crippen molar-refractivity contribution in [3.8, 4) is 0 Å². The molecule has 17 heavy (non-hydrogen) atoms. The summed E-state index contributed by atoms with van der Waals surface area (Å²) in [7, 11) is 0. The third-order valence-electron chi connectivity index (χ3n) is 2.64. The van der Waals surface area contributed by atoms with Gasteiger partial charge in [-0.1, -0.05) is 6.92 Å². The van der Waals surface area contributed by atoms with E-state index in [1.54, 1.807) is 0 Å². The second kappa shape index (κ2) is 4.30. The number of carbonyl (C=O) groups is 3. The first-order valence-electron chi connectivity index (χ1n) is 5.26. The molecular formula is C12H10ClNO3. The van der Waals surface area contributed by atoms with Crippen LogP contribution in [0.5, 0.6) is 0 Å². The van der Waals surface area contributed by atoms with Crippen molar-refractivity contribution >= 4 is 28.7 Å². The molecule has 0 N–H and O–H groups in total. The van der Waals surface area contributed by atoms with Crippen LogP contribution in [0.15, 0.2) is 18.2 Å². The highest BCUT2D eigenvalue weighted by atomic mass is 35.5. The number of nitrogens with zero attached hydrogens (tertiary/aromatic N) is 1. The molecule has 0 aromatic heterocycles. The van der Waals surface area contributed by atoms with Crippen molar-refractivity contribution in [2.45, 2.75) is 13.3 Å². The lowest BCUT2D eigenvalue weighted by atomic mass is 10.1. The molecule has 0 radical (unpaired) electrons. The predicted octanol–water partition coefficient (Wildman–Crippen LogP) is 2.07. The Hall–Kier alpha value is -1.68. The maximum absolute atomic E-state index is 11.9. The summed E-state index contributed by atoms with van der Waals surface area (Å²) in [6.45, 7) is 2.27. The van der Waals surface area contributed by atoms with Gasteiger partial charge in [0.15, 0.2) is 0 Å². The van der Waals surface area contributed by atoms with Crippen LogP contribution in [0.3, 0.4) is 0 Å². The molecule has 5 heteroatoms. The van der Waals surface area contributed by atoms with E-state index in [1.807, 2.05) is 6.92 Å². The Morgan fingerprint density at radius 2 is 1.88 bits per heavy atom. The Balaban J connectivity index is 2.47. The maximum atomic E-state index is 11.9. The molecule has 1 aliphatic rings. The zero-order valence-electron chi connectivity index (χ0n) is 9.20. The molecule has 0 bridgehead atoms. The number of carbonyl (C=O) groups excluding carboxylic acids is 3. The molecule has 2 amide bonds. The van der Waals surface area contributed by atoms with Gasteiger partial charge in [-0.05, 0) is 36.2 Å². The third-order valence-corrected chi connectivity index (χ3v) is 2.86. The molecule has 0 atom stereocenters. The van der Waals surface area contributed by atoms with Gasteiger partial charge in [-0.25, -0.2) is 0 Å². The molecule has 0 unspecified atom stereocenters. The first-order valence-corrected chi connectivity index (χ1v) is 5.64. The Kier molecular flexibility index (Phi) is 2.98. The van der Waals surface area contributed by atoms with E-state index < -0.39 is 5.24 Å². The van der Waals surface area contributed by atoms with Crippen molar-refractivity contribution in [3.05, 3.63) is 34.9 Å². The van der Waals surface area contributed by atoms with Gasteiger partial charge in [0.25, 0.3) is 17.1 Å². The molecule has 0 spiro atoms. The van der Waals surface area contributed by atoms with Crippen molar-refractivity contribution in [2.24, 2.45) is 0 Å². The first kappa shape index (κ1) is 11.8. The fourth-order valence-electron chi connectivity index (χ4n) is 1.84. The summed E-state index contributed by atoms with van der Waals surface area (Å²) >= 11 is 5.34. The van der Waals surface area contributed by atoms with Gasteiger partial charge < -0.3 is 0 Å². The highest BCUT2D eigenvalue weighted by Gasteiger charge is 2.35. The topological polar surface area (TPSA) is 54.5 Å². The second-order valence-electron chi connectivity index (χ2n) is 3.80. The van der Waals surface area contributed by atoms with E-state index in [2.05, 4.69) is 0 Å². The minimum atomic E-state index is -0.637. The summed E-state index contributed by atoms with van der Waals surface area (Å²) in [6, 6.07) is 4.30. The van der Waals surface area contributed by atoms with Crippen LogP contribution in [0.2, 0.25) is 0 Å². The fourth-order valence-corrected chi connectivity index (χ4v) is 1.96. The van der Waals surface area contributed by atoms with Crippen LogP contribution in [-0.4, -0.2) is 28.5 Å². The van der Waals surface area contributed by atoms with Gasteiger partial charge in [0, 0.05) is 12.1 Å². The van der Waals surface area contributed by atoms with Crippen LogP contribution in [-0.2, 0) is 0 Å². The van der Waals surface area contributed by atoms with Crippen molar-refractivity contribution in [1.29, 1.82) is 0 Å². The van der Waals surface area contributed by atoms with E-state index in [4.69, 9.17) is 11.6 Å². The Morgan fingerprint density at radius 1 is 1.24 bits per heavy atom. The monoisotopic (exact) mass is 251 g/mol. The molecule has 0 fully saturated rings. The van der Waals surface area contributed by atoms with E-state index in [0.29, 0.717) is 18.5 Å². The van der Waals surface area contributed by atoms with Gasteiger partial charge in [-0.3, -0.25) is 19.3 Å². The van der Waals surface area contributed by atoms with Crippen molar-refractivity contribution in [3.63, 3.8) is 0 Å². The lowest BCUT2D eigenvalue weighted by Crippen LogP contribution is -2.30. The van der Waals surface area contributed by atoms with E-state index in [-0.39, 0.29) is 22.9 Å². The third kappa shape index (κ3) is 1.85. The van der Waals surface area contributed by atoms with E-state index >= 15 is 0 Å². The van der Waals surface area contributed by atoms with Crippen molar-refractivity contribution in [2.75, 3.05) is 6.54 Å². The molecule has 1 aliphatic heterocycles. The largest absolute Gasteiger partial charge is 0.276 e. The normalized spacial score (nSPS) is 14.1. The summed E-state index contributed by atoms with van der Waals surface area (Å²) in [5.41, 5.74) is 0.824. The molecular weight excluding hydrogens is 242 g/mol. The van der Waals surface area contributed by atoms with Gasteiger partial charge >= 0.3 is 0 Å². The minimum absolute atomic E-state index is 0.227. The number of benzene rings is 1. The van der Waals surface area contributed by atoms with Crippen LogP contribution in [0.4, 0.5) is 0 Å². The number of hydrogen-bond acceptors (Lipinski definition) is 3. The smallest absolute Gasteiger partial charge is 0.261 e. The van der Waals surface area contributed by atoms with E-state index in [0.717, 1.165) is 0 Å². The molecule has 2 rings (SSSR count). The Morgan fingerprint density at radius 3 is 2.47 bits per heavy atom. The molecule has 0 saturated carbocycles. The molecule has 1 aromatic rings. The summed E-state index contributed by atoms with van der Waals surface area (Å²) in [5.74, 6) is -0.660. The molecule has 4 nitrogen and oxygen atoms in total. The molecule has 1 heterocycles. The van der Waals surface area contributed by atoms with E-state index in [1.165, 1.54) is 23.1 Å². The summed E-state index contributed by atoms with van der Waals surface area (Å²) in [6.07, 6.45) is 0.701.